The largest absolute Gasteiger partial charge is 0.494 e. The van der Waals surface area contributed by atoms with Gasteiger partial charge in [0.25, 0.3) is 0 Å². The van der Waals surface area contributed by atoms with E-state index in [0.29, 0.717) is 6.04 Å². The van der Waals surface area contributed by atoms with Gasteiger partial charge in [-0.05, 0) is 49.9 Å². The first-order valence-electron chi connectivity index (χ1n) is 7.88. The summed E-state index contributed by atoms with van der Waals surface area (Å²) >= 11 is 0. The quantitative estimate of drug-likeness (QED) is 0.459. The molecule has 112 valence electrons. The molecule has 1 aromatic rings. The lowest BCUT2D eigenvalue weighted by atomic mass is 10.0. The van der Waals surface area contributed by atoms with Crippen molar-refractivity contribution in [2.24, 2.45) is 0 Å². The van der Waals surface area contributed by atoms with E-state index < -0.39 is 0 Å². The van der Waals surface area contributed by atoms with E-state index in [-0.39, 0.29) is 0 Å². The zero-order chi connectivity index (χ0) is 14.6. The Morgan fingerprint density at radius 3 is 2.55 bits per heavy atom. The van der Waals surface area contributed by atoms with Gasteiger partial charge in [0.2, 0.25) is 0 Å². The van der Waals surface area contributed by atoms with Crippen molar-refractivity contribution < 1.29 is 4.74 Å². The van der Waals surface area contributed by atoms with Crippen LogP contribution in [0.4, 0.5) is 0 Å². The van der Waals surface area contributed by atoms with Gasteiger partial charge in [-0.15, -0.1) is 6.58 Å². The van der Waals surface area contributed by atoms with Gasteiger partial charge in [-0.3, -0.25) is 0 Å². The minimum Gasteiger partial charge on any atom is -0.494 e. The third-order valence-corrected chi connectivity index (χ3v) is 3.35. The molecule has 1 aromatic carbocycles. The SMILES string of the molecule is C=CCCC(NCCC)c1ccc(OCCCC)cc1. The van der Waals surface area contributed by atoms with E-state index in [1.54, 1.807) is 0 Å². The standard InChI is InChI=1S/C18H29NO/c1-4-7-9-18(19-14-6-3)16-10-12-17(13-11-16)20-15-8-5-2/h4,10-13,18-19H,1,5-9,14-15H2,2-3H3. The van der Waals surface area contributed by atoms with Gasteiger partial charge >= 0.3 is 0 Å². The second-order valence-corrected chi connectivity index (χ2v) is 5.14. The Morgan fingerprint density at radius 2 is 1.95 bits per heavy atom. The van der Waals surface area contributed by atoms with Crippen LogP contribution in [-0.4, -0.2) is 13.2 Å². The number of hydrogen-bond acceptors (Lipinski definition) is 2. The molecule has 0 spiro atoms. The molecule has 0 saturated carbocycles. The first-order chi connectivity index (χ1) is 9.81. The molecule has 0 aliphatic carbocycles. The summed E-state index contributed by atoms with van der Waals surface area (Å²) in [5.41, 5.74) is 1.34. The molecule has 2 heteroatoms. The smallest absolute Gasteiger partial charge is 0.119 e. The Hall–Kier alpha value is -1.28. The summed E-state index contributed by atoms with van der Waals surface area (Å²) in [6.07, 6.45) is 7.56. The summed E-state index contributed by atoms with van der Waals surface area (Å²) in [4.78, 5) is 0. The van der Waals surface area contributed by atoms with Crippen LogP contribution in [0.15, 0.2) is 36.9 Å². The Labute approximate surface area is 124 Å². The van der Waals surface area contributed by atoms with Crippen LogP contribution < -0.4 is 10.1 Å². The van der Waals surface area contributed by atoms with Crippen molar-refractivity contribution in [3.05, 3.63) is 42.5 Å². The van der Waals surface area contributed by atoms with Crippen molar-refractivity contribution in [2.45, 2.75) is 52.0 Å². The van der Waals surface area contributed by atoms with Crippen molar-refractivity contribution in [2.75, 3.05) is 13.2 Å². The molecule has 1 atom stereocenters. The first-order valence-corrected chi connectivity index (χ1v) is 7.88. The van der Waals surface area contributed by atoms with Gasteiger partial charge in [-0.2, -0.15) is 0 Å². The van der Waals surface area contributed by atoms with Gasteiger partial charge in [0.15, 0.2) is 0 Å². The molecule has 1 unspecified atom stereocenters. The zero-order valence-corrected chi connectivity index (χ0v) is 13.0. The Morgan fingerprint density at radius 1 is 1.20 bits per heavy atom. The maximum Gasteiger partial charge on any atom is 0.119 e. The number of allylic oxidation sites excluding steroid dienone is 1. The number of ether oxygens (including phenoxy) is 1. The van der Waals surface area contributed by atoms with E-state index in [9.17, 15) is 0 Å². The first kappa shape index (κ1) is 16.8. The number of unbranched alkanes of at least 4 members (excludes halogenated alkanes) is 1. The van der Waals surface area contributed by atoms with Crippen LogP contribution in [0, 0.1) is 0 Å². The predicted octanol–water partition coefficient (Wildman–Crippen LogP) is 4.87. The Bertz CT molecular complexity index is 358. The number of nitrogens with one attached hydrogen (secondary N) is 1. The van der Waals surface area contributed by atoms with Crippen LogP contribution in [0.25, 0.3) is 0 Å². The van der Waals surface area contributed by atoms with E-state index in [4.69, 9.17) is 4.74 Å². The normalized spacial score (nSPS) is 12.1. The molecule has 0 bridgehead atoms. The summed E-state index contributed by atoms with van der Waals surface area (Å²) in [7, 11) is 0. The van der Waals surface area contributed by atoms with Gasteiger partial charge in [0.05, 0.1) is 6.61 Å². The highest BCUT2D eigenvalue weighted by Crippen LogP contribution is 2.22. The second kappa shape index (κ2) is 10.5. The van der Waals surface area contributed by atoms with Crippen molar-refractivity contribution in [3.63, 3.8) is 0 Å². The fourth-order valence-corrected chi connectivity index (χ4v) is 2.12. The fraction of sp³-hybridized carbons (Fsp3) is 0.556. The molecule has 1 N–H and O–H groups in total. The molecule has 0 heterocycles. The second-order valence-electron chi connectivity index (χ2n) is 5.14. The van der Waals surface area contributed by atoms with Crippen LogP contribution in [-0.2, 0) is 0 Å². The van der Waals surface area contributed by atoms with Crippen molar-refractivity contribution >= 4 is 0 Å². The fourth-order valence-electron chi connectivity index (χ4n) is 2.12. The minimum absolute atomic E-state index is 0.414. The molecule has 0 aliphatic rings. The van der Waals surface area contributed by atoms with E-state index in [1.165, 1.54) is 12.0 Å². The molecular formula is C18H29NO. The van der Waals surface area contributed by atoms with Gasteiger partial charge in [0.1, 0.15) is 5.75 Å². The van der Waals surface area contributed by atoms with E-state index in [1.807, 2.05) is 6.08 Å². The highest BCUT2D eigenvalue weighted by molar-refractivity contribution is 5.29. The summed E-state index contributed by atoms with van der Waals surface area (Å²) in [6.45, 7) is 10.0. The van der Waals surface area contributed by atoms with Gasteiger partial charge in [-0.1, -0.05) is 38.5 Å². The predicted molar refractivity (Wildman–Crippen MR) is 87.3 cm³/mol. The summed E-state index contributed by atoms with van der Waals surface area (Å²) in [5.74, 6) is 0.972. The third-order valence-electron chi connectivity index (χ3n) is 3.35. The molecule has 0 aromatic heterocycles. The molecule has 0 aliphatic heterocycles. The Kier molecular flexibility index (Phi) is 8.81. The van der Waals surface area contributed by atoms with Crippen LogP contribution >= 0.6 is 0 Å². The Balaban J connectivity index is 2.58. The average molecular weight is 275 g/mol. The lowest BCUT2D eigenvalue weighted by Gasteiger charge is -2.18. The number of hydrogen-bond donors (Lipinski definition) is 1. The topological polar surface area (TPSA) is 21.3 Å². The molecule has 0 amide bonds. The summed E-state index contributed by atoms with van der Waals surface area (Å²) < 4.78 is 5.71. The van der Waals surface area contributed by atoms with Gasteiger partial charge in [0, 0.05) is 6.04 Å². The highest BCUT2D eigenvalue weighted by atomic mass is 16.5. The van der Waals surface area contributed by atoms with Crippen LogP contribution in [0.3, 0.4) is 0 Å². The van der Waals surface area contributed by atoms with Gasteiger partial charge < -0.3 is 10.1 Å². The lowest BCUT2D eigenvalue weighted by Crippen LogP contribution is -2.22. The molecule has 0 saturated heterocycles. The van der Waals surface area contributed by atoms with E-state index in [0.717, 1.165) is 44.6 Å². The maximum absolute atomic E-state index is 5.71. The summed E-state index contributed by atoms with van der Waals surface area (Å²) in [5, 5.41) is 3.60. The molecule has 1 rings (SSSR count). The average Bonchev–Trinajstić information content (AvgIpc) is 2.49. The third kappa shape index (κ3) is 6.25. The van der Waals surface area contributed by atoms with Crippen LogP contribution in [0.5, 0.6) is 5.75 Å². The highest BCUT2D eigenvalue weighted by Gasteiger charge is 2.09. The van der Waals surface area contributed by atoms with Crippen LogP contribution in [0.1, 0.15) is 57.6 Å². The molecule has 20 heavy (non-hydrogen) atoms. The number of rotatable bonds is 11. The minimum atomic E-state index is 0.414. The van der Waals surface area contributed by atoms with E-state index >= 15 is 0 Å². The van der Waals surface area contributed by atoms with E-state index in [2.05, 4.69) is 50.0 Å². The van der Waals surface area contributed by atoms with Crippen LogP contribution in [0.2, 0.25) is 0 Å². The lowest BCUT2D eigenvalue weighted by molar-refractivity contribution is 0.309. The molecule has 0 fully saturated rings. The zero-order valence-electron chi connectivity index (χ0n) is 13.0. The maximum atomic E-state index is 5.71. The van der Waals surface area contributed by atoms with Crippen molar-refractivity contribution in [3.8, 4) is 5.75 Å². The molecule has 2 nitrogen and oxygen atoms in total. The monoisotopic (exact) mass is 275 g/mol. The molecule has 0 radical (unpaired) electrons. The van der Waals surface area contributed by atoms with Crippen molar-refractivity contribution in [1.29, 1.82) is 0 Å². The summed E-state index contributed by atoms with van der Waals surface area (Å²) in [6, 6.07) is 8.94. The number of benzene rings is 1. The molecular weight excluding hydrogens is 246 g/mol. The van der Waals surface area contributed by atoms with Gasteiger partial charge in [-0.25, -0.2) is 0 Å². The van der Waals surface area contributed by atoms with Crippen molar-refractivity contribution in [1.82, 2.24) is 5.32 Å².